The summed E-state index contributed by atoms with van der Waals surface area (Å²) in [5.41, 5.74) is 0. The Hall–Kier alpha value is -1.26. The van der Waals surface area contributed by atoms with Gasteiger partial charge >= 0.3 is 12.0 Å². The van der Waals surface area contributed by atoms with E-state index in [2.05, 4.69) is 6.92 Å². The Balaban J connectivity index is 4.17. The molecule has 0 radical (unpaired) electrons. The molecule has 0 fully saturated rings. The Morgan fingerprint density at radius 2 is 1.87 bits per heavy atom. The van der Waals surface area contributed by atoms with E-state index in [-0.39, 0.29) is 12.6 Å². The van der Waals surface area contributed by atoms with Crippen molar-refractivity contribution in [2.75, 3.05) is 26.7 Å². The van der Waals surface area contributed by atoms with E-state index < -0.39 is 5.97 Å². The molecule has 0 aromatic heterocycles. The summed E-state index contributed by atoms with van der Waals surface area (Å²) in [6, 6.07) is -0.214. The molecule has 0 bridgehead atoms. The molecule has 0 aromatic carbocycles. The molecule has 0 atom stereocenters. The maximum atomic E-state index is 11.7. The van der Waals surface area contributed by atoms with Crippen LogP contribution in [-0.2, 0) is 4.79 Å². The number of urea groups is 1. The third kappa shape index (κ3) is 5.24. The molecule has 0 rings (SSSR count). The third-order valence-corrected chi connectivity index (χ3v) is 2.13. The van der Waals surface area contributed by atoms with Crippen LogP contribution in [0.5, 0.6) is 0 Å². The molecular formula is C10H20N2O3. The van der Waals surface area contributed by atoms with Crippen LogP contribution in [0.4, 0.5) is 4.79 Å². The number of carboxylic acids is 1. The zero-order chi connectivity index (χ0) is 11.8. The zero-order valence-electron chi connectivity index (χ0n) is 9.69. The van der Waals surface area contributed by atoms with Crippen LogP contribution in [0.2, 0.25) is 0 Å². The van der Waals surface area contributed by atoms with Crippen LogP contribution in [0, 0.1) is 0 Å². The standard InChI is InChI=1S/C10H20N2O3/c1-4-6-7-12(5-2)10(15)11(3)8-9(13)14/h4-8H2,1-3H3,(H,13,14). The average Bonchev–Trinajstić information content (AvgIpc) is 2.17. The van der Waals surface area contributed by atoms with Gasteiger partial charge in [0.05, 0.1) is 0 Å². The highest BCUT2D eigenvalue weighted by Crippen LogP contribution is 2.00. The molecule has 0 aliphatic carbocycles. The lowest BCUT2D eigenvalue weighted by Crippen LogP contribution is -2.43. The van der Waals surface area contributed by atoms with Crippen LogP contribution in [-0.4, -0.2) is 53.6 Å². The lowest BCUT2D eigenvalue weighted by molar-refractivity contribution is -0.137. The molecule has 0 unspecified atom stereocenters. The Labute approximate surface area is 90.7 Å². The second-order valence-electron chi connectivity index (χ2n) is 3.47. The number of rotatable bonds is 6. The second kappa shape index (κ2) is 7.09. The summed E-state index contributed by atoms with van der Waals surface area (Å²) in [7, 11) is 1.51. The van der Waals surface area contributed by atoms with E-state index in [0.29, 0.717) is 13.1 Å². The van der Waals surface area contributed by atoms with Crippen molar-refractivity contribution in [1.29, 1.82) is 0 Å². The van der Waals surface area contributed by atoms with E-state index in [0.717, 1.165) is 12.8 Å². The van der Waals surface area contributed by atoms with Crippen LogP contribution in [0.1, 0.15) is 26.7 Å². The summed E-state index contributed by atoms with van der Waals surface area (Å²) in [4.78, 5) is 25.0. The number of hydrogen-bond acceptors (Lipinski definition) is 2. The predicted octanol–water partition coefficient (Wildman–Crippen LogP) is 1.24. The monoisotopic (exact) mass is 216 g/mol. The molecule has 15 heavy (non-hydrogen) atoms. The molecule has 0 saturated carbocycles. The van der Waals surface area contributed by atoms with Crippen molar-refractivity contribution >= 4 is 12.0 Å². The number of amides is 2. The molecule has 0 aromatic rings. The highest BCUT2D eigenvalue weighted by atomic mass is 16.4. The first kappa shape index (κ1) is 13.7. The summed E-state index contributed by atoms with van der Waals surface area (Å²) >= 11 is 0. The van der Waals surface area contributed by atoms with Gasteiger partial charge in [0.1, 0.15) is 6.54 Å². The molecule has 0 spiro atoms. The second-order valence-corrected chi connectivity index (χ2v) is 3.47. The molecule has 5 heteroatoms. The van der Waals surface area contributed by atoms with Crippen molar-refractivity contribution in [3.05, 3.63) is 0 Å². The molecule has 88 valence electrons. The molecule has 2 amide bonds. The van der Waals surface area contributed by atoms with Crippen LogP contribution in [0.25, 0.3) is 0 Å². The van der Waals surface area contributed by atoms with Gasteiger partial charge in [-0.15, -0.1) is 0 Å². The number of aliphatic carboxylic acids is 1. The molecule has 5 nitrogen and oxygen atoms in total. The SMILES string of the molecule is CCCCN(CC)C(=O)N(C)CC(=O)O. The minimum absolute atomic E-state index is 0.214. The van der Waals surface area contributed by atoms with Gasteiger partial charge in [-0.1, -0.05) is 13.3 Å². The fourth-order valence-corrected chi connectivity index (χ4v) is 1.25. The fourth-order valence-electron chi connectivity index (χ4n) is 1.25. The number of nitrogens with zero attached hydrogens (tertiary/aromatic N) is 2. The number of carboxylic acid groups (broad SMARTS) is 1. The first-order valence-corrected chi connectivity index (χ1v) is 5.24. The van der Waals surface area contributed by atoms with Crippen LogP contribution in [0.3, 0.4) is 0 Å². The van der Waals surface area contributed by atoms with Crippen molar-refractivity contribution < 1.29 is 14.7 Å². The Morgan fingerprint density at radius 3 is 2.27 bits per heavy atom. The summed E-state index contributed by atoms with van der Waals surface area (Å²) in [5.74, 6) is -0.989. The summed E-state index contributed by atoms with van der Waals surface area (Å²) in [5, 5.41) is 8.55. The van der Waals surface area contributed by atoms with Gasteiger partial charge in [-0.3, -0.25) is 4.79 Å². The largest absolute Gasteiger partial charge is 0.480 e. The molecular weight excluding hydrogens is 196 g/mol. The van der Waals surface area contributed by atoms with E-state index >= 15 is 0 Å². The van der Waals surface area contributed by atoms with E-state index in [1.54, 1.807) is 4.90 Å². The van der Waals surface area contributed by atoms with Gasteiger partial charge in [0.2, 0.25) is 0 Å². The fraction of sp³-hybridized carbons (Fsp3) is 0.800. The number of unbranched alkanes of at least 4 members (excludes halogenated alkanes) is 1. The van der Waals surface area contributed by atoms with Gasteiger partial charge in [-0.2, -0.15) is 0 Å². The first-order valence-electron chi connectivity index (χ1n) is 5.24. The van der Waals surface area contributed by atoms with E-state index in [4.69, 9.17) is 5.11 Å². The number of carbonyl (C=O) groups is 2. The van der Waals surface area contributed by atoms with Crippen LogP contribution in [0.15, 0.2) is 0 Å². The van der Waals surface area contributed by atoms with Crippen LogP contribution < -0.4 is 0 Å². The summed E-state index contributed by atoms with van der Waals surface area (Å²) in [6.07, 6.45) is 1.97. The topological polar surface area (TPSA) is 60.9 Å². The predicted molar refractivity (Wildman–Crippen MR) is 57.8 cm³/mol. The Kier molecular flexibility index (Phi) is 6.49. The van der Waals surface area contributed by atoms with Gasteiger partial charge < -0.3 is 14.9 Å². The van der Waals surface area contributed by atoms with E-state index in [9.17, 15) is 9.59 Å². The third-order valence-electron chi connectivity index (χ3n) is 2.13. The van der Waals surface area contributed by atoms with Gasteiger partial charge in [0.25, 0.3) is 0 Å². The molecule has 0 heterocycles. The normalized spacial score (nSPS) is 9.80. The molecule has 1 N–H and O–H groups in total. The van der Waals surface area contributed by atoms with E-state index in [1.165, 1.54) is 11.9 Å². The highest BCUT2D eigenvalue weighted by molar-refractivity contribution is 5.79. The first-order chi connectivity index (χ1) is 7.02. The Morgan fingerprint density at radius 1 is 1.27 bits per heavy atom. The number of carbonyl (C=O) groups excluding carboxylic acids is 1. The van der Waals surface area contributed by atoms with Gasteiger partial charge in [-0.05, 0) is 13.3 Å². The smallest absolute Gasteiger partial charge is 0.323 e. The maximum absolute atomic E-state index is 11.7. The summed E-state index contributed by atoms with van der Waals surface area (Å²) < 4.78 is 0. The molecule has 0 aliphatic rings. The van der Waals surface area contributed by atoms with Crippen molar-refractivity contribution in [3.63, 3.8) is 0 Å². The van der Waals surface area contributed by atoms with Crippen molar-refractivity contribution in [1.82, 2.24) is 9.80 Å². The Bertz CT molecular complexity index is 219. The number of likely N-dealkylation sites (N-methyl/N-ethyl adjacent to an activating group) is 1. The van der Waals surface area contributed by atoms with Crippen molar-refractivity contribution in [2.45, 2.75) is 26.7 Å². The lowest BCUT2D eigenvalue weighted by Gasteiger charge is -2.26. The minimum atomic E-state index is -0.989. The van der Waals surface area contributed by atoms with Crippen molar-refractivity contribution in [3.8, 4) is 0 Å². The lowest BCUT2D eigenvalue weighted by atomic mass is 10.3. The van der Waals surface area contributed by atoms with Gasteiger partial charge in [0.15, 0.2) is 0 Å². The minimum Gasteiger partial charge on any atom is -0.480 e. The quantitative estimate of drug-likeness (QED) is 0.726. The van der Waals surface area contributed by atoms with E-state index in [1.807, 2.05) is 6.92 Å². The van der Waals surface area contributed by atoms with Crippen molar-refractivity contribution in [2.24, 2.45) is 0 Å². The zero-order valence-corrected chi connectivity index (χ0v) is 9.69. The van der Waals surface area contributed by atoms with Crippen LogP contribution >= 0.6 is 0 Å². The highest BCUT2D eigenvalue weighted by Gasteiger charge is 2.17. The number of hydrogen-bond donors (Lipinski definition) is 1. The molecule has 0 aliphatic heterocycles. The van der Waals surface area contributed by atoms with Gasteiger partial charge in [-0.25, -0.2) is 4.79 Å². The summed E-state index contributed by atoms with van der Waals surface area (Å²) in [6.45, 7) is 5.00. The average molecular weight is 216 g/mol. The molecule has 0 saturated heterocycles. The van der Waals surface area contributed by atoms with Gasteiger partial charge in [0, 0.05) is 20.1 Å². The maximum Gasteiger partial charge on any atom is 0.323 e.